The van der Waals surface area contributed by atoms with Gasteiger partial charge in [0, 0.05) is 71.7 Å². The number of hydrogen-bond acceptors (Lipinski definition) is 3. The lowest BCUT2D eigenvalue weighted by Crippen LogP contribution is -2.10. The van der Waals surface area contributed by atoms with Crippen molar-refractivity contribution in [1.82, 2.24) is 4.57 Å². The SMILES string of the molecule is CN(c1ccccc1)c1ccc(-n2c3cc(N(C)c4ccccc4)ccc3c3ccc(N(C)c4ccccc4)cc32)cc1. The van der Waals surface area contributed by atoms with E-state index >= 15 is 0 Å². The quantitative estimate of drug-likeness (QED) is 0.193. The summed E-state index contributed by atoms with van der Waals surface area (Å²) >= 11 is 0. The Labute approximate surface area is 253 Å². The molecule has 0 unspecified atom stereocenters. The zero-order chi connectivity index (χ0) is 29.3. The van der Waals surface area contributed by atoms with Crippen LogP contribution < -0.4 is 14.7 Å². The third-order valence-electron chi connectivity index (χ3n) is 8.43. The van der Waals surface area contributed by atoms with E-state index in [4.69, 9.17) is 0 Å². The third-order valence-corrected chi connectivity index (χ3v) is 8.43. The molecule has 4 heteroatoms. The molecule has 1 heterocycles. The predicted octanol–water partition coefficient (Wildman–Crippen LogP) is 10.1. The summed E-state index contributed by atoms with van der Waals surface area (Å²) in [5.74, 6) is 0. The summed E-state index contributed by atoms with van der Waals surface area (Å²) in [4.78, 5) is 6.71. The highest BCUT2D eigenvalue weighted by molar-refractivity contribution is 6.11. The van der Waals surface area contributed by atoms with Gasteiger partial charge in [-0.1, -0.05) is 66.7 Å². The number of nitrogens with zero attached hydrogens (tertiary/aromatic N) is 4. The monoisotopic (exact) mass is 558 g/mol. The van der Waals surface area contributed by atoms with Crippen LogP contribution in [0, 0.1) is 0 Å². The van der Waals surface area contributed by atoms with Crippen molar-refractivity contribution in [2.75, 3.05) is 35.8 Å². The highest BCUT2D eigenvalue weighted by Crippen LogP contribution is 2.38. The Morgan fingerprint density at radius 3 is 1.07 bits per heavy atom. The van der Waals surface area contributed by atoms with Crippen molar-refractivity contribution in [1.29, 1.82) is 0 Å². The van der Waals surface area contributed by atoms with Crippen LogP contribution in [0.4, 0.5) is 34.1 Å². The fourth-order valence-electron chi connectivity index (χ4n) is 5.92. The fourth-order valence-corrected chi connectivity index (χ4v) is 5.92. The molecule has 0 N–H and O–H groups in total. The van der Waals surface area contributed by atoms with Crippen LogP contribution in [0.3, 0.4) is 0 Å². The van der Waals surface area contributed by atoms with Gasteiger partial charge in [0.1, 0.15) is 0 Å². The summed E-state index contributed by atoms with van der Waals surface area (Å²) in [7, 11) is 6.37. The van der Waals surface area contributed by atoms with E-state index in [1.165, 1.54) is 21.8 Å². The molecule has 0 saturated heterocycles. The zero-order valence-corrected chi connectivity index (χ0v) is 24.7. The smallest absolute Gasteiger partial charge is 0.0561 e. The van der Waals surface area contributed by atoms with Gasteiger partial charge in [0.25, 0.3) is 0 Å². The average Bonchev–Trinajstić information content (AvgIpc) is 3.41. The molecule has 0 aliphatic rings. The Kier molecular flexibility index (Phi) is 6.80. The van der Waals surface area contributed by atoms with Gasteiger partial charge in [-0.3, -0.25) is 0 Å². The topological polar surface area (TPSA) is 14.7 Å². The zero-order valence-electron chi connectivity index (χ0n) is 24.7. The van der Waals surface area contributed by atoms with Gasteiger partial charge in [0.05, 0.1) is 11.0 Å². The van der Waals surface area contributed by atoms with Crippen LogP contribution in [0.1, 0.15) is 0 Å². The number of anilines is 6. The van der Waals surface area contributed by atoms with E-state index in [-0.39, 0.29) is 0 Å². The summed E-state index contributed by atoms with van der Waals surface area (Å²) < 4.78 is 2.40. The van der Waals surface area contributed by atoms with E-state index in [9.17, 15) is 0 Å². The molecular formula is C39H34N4. The lowest BCUT2D eigenvalue weighted by atomic mass is 10.1. The lowest BCUT2D eigenvalue weighted by Gasteiger charge is -2.21. The van der Waals surface area contributed by atoms with Gasteiger partial charge in [0.2, 0.25) is 0 Å². The van der Waals surface area contributed by atoms with E-state index in [0.29, 0.717) is 0 Å². The summed E-state index contributed by atoms with van der Waals surface area (Å²) in [6.45, 7) is 0. The molecule has 0 saturated carbocycles. The van der Waals surface area contributed by atoms with Gasteiger partial charge < -0.3 is 19.3 Å². The molecule has 0 fully saturated rings. The molecule has 0 aliphatic heterocycles. The maximum absolute atomic E-state index is 2.40. The number of para-hydroxylation sites is 3. The molecule has 0 amide bonds. The summed E-state index contributed by atoms with van der Waals surface area (Å²) in [6, 6.07) is 54.0. The maximum atomic E-state index is 2.40. The van der Waals surface area contributed by atoms with Gasteiger partial charge in [-0.05, 0) is 84.9 Å². The van der Waals surface area contributed by atoms with Crippen molar-refractivity contribution in [3.05, 3.63) is 152 Å². The fraction of sp³-hybridized carbons (Fsp3) is 0.0769. The molecule has 0 spiro atoms. The molecule has 43 heavy (non-hydrogen) atoms. The summed E-state index contributed by atoms with van der Waals surface area (Å²) in [6.07, 6.45) is 0. The first kappa shape index (κ1) is 26.4. The first-order valence-electron chi connectivity index (χ1n) is 14.6. The van der Waals surface area contributed by atoms with Gasteiger partial charge in [-0.15, -0.1) is 0 Å². The van der Waals surface area contributed by atoms with E-state index in [2.05, 4.69) is 192 Å². The van der Waals surface area contributed by atoms with E-state index < -0.39 is 0 Å². The molecule has 0 atom stereocenters. The minimum atomic E-state index is 1.13. The molecule has 0 radical (unpaired) electrons. The van der Waals surface area contributed by atoms with Crippen molar-refractivity contribution in [2.24, 2.45) is 0 Å². The normalized spacial score (nSPS) is 11.1. The Balaban J connectivity index is 1.39. The number of benzene rings is 6. The minimum Gasteiger partial charge on any atom is -0.345 e. The highest BCUT2D eigenvalue weighted by Gasteiger charge is 2.17. The number of aromatic nitrogens is 1. The van der Waals surface area contributed by atoms with E-state index in [0.717, 1.165) is 39.8 Å². The second-order valence-electron chi connectivity index (χ2n) is 10.9. The Bertz CT molecular complexity index is 1890. The first-order chi connectivity index (χ1) is 21.1. The van der Waals surface area contributed by atoms with Crippen molar-refractivity contribution < 1.29 is 0 Å². The Morgan fingerprint density at radius 1 is 0.349 bits per heavy atom. The van der Waals surface area contributed by atoms with Crippen LogP contribution in [0.5, 0.6) is 0 Å². The predicted molar refractivity (Wildman–Crippen MR) is 184 cm³/mol. The van der Waals surface area contributed by atoms with Crippen LogP contribution in [0.2, 0.25) is 0 Å². The van der Waals surface area contributed by atoms with Crippen molar-refractivity contribution in [2.45, 2.75) is 0 Å². The van der Waals surface area contributed by atoms with Gasteiger partial charge >= 0.3 is 0 Å². The van der Waals surface area contributed by atoms with Crippen LogP contribution in [-0.2, 0) is 0 Å². The van der Waals surface area contributed by atoms with Crippen molar-refractivity contribution >= 4 is 55.9 Å². The number of hydrogen-bond donors (Lipinski definition) is 0. The maximum Gasteiger partial charge on any atom is 0.0561 e. The van der Waals surface area contributed by atoms with Crippen LogP contribution >= 0.6 is 0 Å². The molecule has 0 bridgehead atoms. The third kappa shape index (κ3) is 4.87. The molecule has 210 valence electrons. The standard InChI is InChI=1S/C39H34N4/c1-40(29-13-7-4-8-14-29)32-19-21-33(22-20-32)43-38-27-34(41(2)30-15-9-5-10-16-30)23-25-36(38)37-26-24-35(28-39(37)43)42(3)31-17-11-6-12-18-31/h4-28H,1-3H3. The average molecular weight is 559 g/mol. The first-order valence-corrected chi connectivity index (χ1v) is 14.6. The molecular weight excluding hydrogens is 524 g/mol. The molecule has 0 aliphatic carbocycles. The van der Waals surface area contributed by atoms with Crippen molar-refractivity contribution in [3.63, 3.8) is 0 Å². The van der Waals surface area contributed by atoms with E-state index in [1.54, 1.807) is 0 Å². The Morgan fingerprint density at radius 2 is 0.674 bits per heavy atom. The van der Waals surface area contributed by atoms with Gasteiger partial charge in [0.15, 0.2) is 0 Å². The second kappa shape index (κ2) is 11.1. The molecule has 6 aromatic carbocycles. The number of rotatable bonds is 7. The minimum absolute atomic E-state index is 1.13. The largest absolute Gasteiger partial charge is 0.345 e. The summed E-state index contributed by atoms with van der Waals surface area (Å²) in [5, 5.41) is 2.47. The van der Waals surface area contributed by atoms with Gasteiger partial charge in [-0.25, -0.2) is 0 Å². The van der Waals surface area contributed by atoms with Crippen molar-refractivity contribution in [3.8, 4) is 5.69 Å². The molecule has 7 rings (SSSR count). The second-order valence-corrected chi connectivity index (χ2v) is 10.9. The van der Waals surface area contributed by atoms with Crippen LogP contribution in [-0.4, -0.2) is 25.7 Å². The van der Waals surface area contributed by atoms with Crippen LogP contribution in [0.15, 0.2) is 152 Å². The molecule has 7 aromatic rings. The lowest BCUT2D eigenvalue weighted by molar-refractivity contribution is 1.15. The van der Waals surface area contributed by atoms with Gasteiger partial charge in [-0.2, -0.15) is 0 Å². The number of fused-ring (bicyclic) bond motifs is 3. The Hall–Kier alpha value is -5.48. The molecule has 4 nitrogen and oxygen atoms in total. The van der Waals surface area contributed by atoms with E-state index in [1.807, 2.05) is 0 Å². The molecule has 1 aromatic heterocycles. The highest BCUT2D eigenvalue weighted by atomic mass is 15.1. The summed E-state index contributed by atoms with van der Waals surface area (Å²) in [5.41, 5.74) is 10.4. The van der Waals surface area contributed by atoms with Crippen LogP contribution in [0.25, 0.3) is 27.5 Å².